The minimum Gasteiger partial charge on any atom is -0.456 e. The molecule has 14 aromatic rings. The van der Waals surface area contributed by atoms with Crippen LogP contribution in [0.5, 0.6) is 0 Å². The lowest BCUT2D eigenvalue weighted by molar-refractivity contribution is 0.669. The fraction of sp³-hybridized carbons (Fsp3) is 0. The summed E-state index contributed by atoms with van der Waals surface area (Å²) in [4.78, 5) is 0. The third-order valence-electron chi connectivity index (χ3n) is 13.6. The topological polar surface area (TPSA) is 13.1 Å². The Labute approximate surface area is 372 Å². The molecule has 2 heteroatoms. The molecule has 0 aliphatic carbocycles. The molecule has 12 aromatic carbocycles. The van der Waals surface area contributed by atoms with E-state index in [-0.39, 0.29) is 0 Å². The van der Waals surface area contributed by atoms with E-state index in [0.29, 0.717) is 0 Å². The molecule has 0 bridgehead atoms. The number of furan rings is 1. The number of benzene rings is 12. The molecule has 0 fully saturated rings. The summed E-state index contributed by atoms with van der Waals surface area (Å²) in [7, 11) is 0. The van der Waals surface area contributed by atoms with Crippen molar-refractivity contribution in [1.29, 1.82) is 0 Å². The van der Waals surface area contributed by atoms with E-state index in [4.69, 9.17) is 4.42 Å². The van der Waals surface area contributed by atoms with Gasteiger partial charge in [-0.05, 0) is 117 Å². The van der Waals surface area contributed by atoms with Gasteiger partial charge in [-0.25, -0.2) is 0 Å². The lowest BCUT2D eigenvalue weighted by Crippen LogP contribution is -1.91. The molecule has 2 heterocycles. The second-order valence-corrected chi connectivity index (χ2v) is 18.0. The molecule has 0 N–H and O–H groups in total. The van der Waals surface area contributed by atoms with E-state index in [1.54, 1.807) is 0 Å². The van der Waals surface area contributed by atoms with Crippen LogP contribution in [0.25, 0.3) is 140 Å². The summed E-state index contributed by atoms with van der Waals surface area (Å²) in [6.07, 6.45) is 0. The molecule has 0 spiro atoms. The molecule has 0 saturated carbocycles. The van der Waals surface area contributed by atoms with Gasteiger partial charge in [0.25, 0.3) is 0 Å². The van der Waals surface area contributed by atoms with E-state index in [2.05, 4.69) is 218 Å². The van der Waals surface area contributed by atoms with E-state index in [9.17, 15) is 0 Å². The number of thiophene rings is 1. The van der Waals surface area contributed by atoms with Crippen LogP contribution in [0.4, 0.5) is 0 Å². The monoisotopic (exact) mass is 828 g/mol. The van der Waals surface area contributed by atoms with Gasteiger partial charge in [0, 0.05) is 36.5 Å². The number of rotatable bonds is 4. The van der Waals surface area contributed by atoms with E-state index < -0.39 is 0 Å². The van der Waals surface area contributed by atoms with Gasteiger partial charge in [0.15, 0.2) is 0 Å². The molecule has 2 aromatic heterocycles. The van der Waals surface area contributed by atoms with Crippen LogP contribution in [-0.2, 0) is 0 Å². The van der Waals surface area contributed by atoms with Crippen molar-refractivity contribution in [2.45, 2.75) is 0 Å². The normalized spacial score (nSPS) is 12.1. The predicted octanol–water partition coefficient (Wildman–Crippen LogP) is 18.4. The van der Waals surface area contributed by atoms with Crippen LogP contribution >= 0.6 is 11.3 Å². The zero-order valence-corrected chi connectivity index (χ0v) is 35.4. The highest BCUT2D eigenvalue weighted by Gasteiger charge is 2.23. The first-order valence-electron chi connectivity index (χ1n) is 22.0. The Bertz CT molecular complexity index is 4130. The van der Waals surface area contributed by atoms with Gasteiger partial charge in [0.05, 0.1) is 0 Å². The van der Waals surface area contributed by atoms with E-state index in [1.807, 2.05) is 11.3 Å². The van der Waals surface area contributed by atoms with Crippen LogP contribution in [0.2, 0.25) is 0 Å². The minimum absolute atomic E-state index is 0.907. The smallest absolute Gasteiger partial charge is 0.136 e. The van der Waals surface area contributed by atoms with Crippen LogP contribution < -0.4 is 0 Å². The highest BCUT2D eigenvalue weighted by molar-refractivity contribution is 7.26. The van der Waals surface area contributed by atoms with Crippen LogP contribution in [-0.4, -0.2) is 0 Å². The Hall–Kier alpha value is -8.04. The van der Waals surface area contributed by atoms with Crippen molar-refractivity contribution in [2.24, 2.45) is 0 Å². The first kappa shape index (κ1) is 35.5. The van der Waals surface area contributed by atoms with E-state index >= 15 is 0 Å². The maximum absolute atomic E-state index is 6.47. The van der Waals surface area contributed by atoms with Gasteiger partial charge in [-0.2, -0.15) is 0 Å². The van der Waals surface area contributed by atoms with Gasteiger partial charge in [-0.1, -0.05) is 194 Å². The minimum atomic E-state index is 0.907. The molecule has 0 radical (unpaired) electrons. The van der Waals surface area contributed by atoms with Crippen molar-refractivity contribution in [2.75, 3.05) is 0 Å². The van der Waals surface area contributed by atoms with Crippen molar-refractivity contribution < 1.29 is 4.42 Å². The van der Waals surface area contributed by atoms with Crippen LogP contribution in [0.15, 0.2) is 223 Å². The summed E-state index contributed by atoms with van der Waals surface area (Å²) in [5, 5.41) is 17.4. The Morgan fingerprint density at radius 3 is 1.41 bits per heavy atom. The third-order valence-corrected chi connectivity index (χ3v) is 14.8. The van der Waals surface area contributed by atoms with Crippen molar-refractivity contribution in [3.8, 4) is 44.5 Å². The molecule has 64 heavy (non-hydrogen) atoms. The number of hydrogen-bond acceptors (Lipinski definition) is 2. The fourth-order valence-electron chi connectivity index (χ4n) is 11.0. The first-order chi connectivity index (χ1) is 31.8. The highest BCUT2D eigenvalue weighted by atomic mass is 32.1. The quantitative estimate of drug-likeness (QED) is 0.161. The van der Waals surface area contributed by atoms with Crippen LogP contribution in [0.1, 0.15) is 0 Å². The first-order valence-corrected chi connectivity index (χ1v) is 22.8. The lowest BCUT2D eigenvalue weighted by Gasteiger charge is -2.19. The average molecular weight is 829 g/mol. The van der Waals surface area contributed by atoms with Gasteiger partial charge in [-0.15, -0.1) is 11.3 Å². The van der Waals surface area contributed by atoms with Crippen LogP contribution in [0, 0.1) is 0 Å². The van der Waals surface area contributed by atoms with Crippen molar-refractivity contribution in [3.05, 3.63) is 218 Å². The summed E-state index contributed by atoms with van der Waals surface area (Å²) >= 11 is 1.91. The molecule has 296 valence electrons. The predicted molar refractivity (Wildman–Crippen MR) is 276 cm³/mol. The molecular weight excluding hydrogens is 793 g/mol. The third kappa shape index (κ3) is 5.06. The van der Waals surface area contributed by atoms with Gasteiger partial charge in [0.1, 0.15) is 11.2 Å². The summed E-state index contributed by atoms with van der Waals surface area (Å²) in [6, 6.07) is 80.4. The lowest BCUT2D eigenvalue weighted by atomic mass is 9.84. The average Bonchev–Trinajstić information content (AvgIpc) is 3.94. The van der Waals surface area contributed by atoms with E-state index in [0.717, 1.165) is 16.6 Å². The summed E-state index contributed by atoms with van der Waals surface area (Å²) in [5.41, 5.74) is 11.9. The molecule has 14 rings (SSSR count). The molecule has 0 amide bonds. The SMILES string of the molecule is c1ccc(-c2c3ccccc3c(-c3cccc4sc5c(-c6c7ccccc7c(-c7ccc8oc9ccc%10ccccc%10c9c8c7)c7ccccc67)cccc5c34)c3ccccc23)cc1. The molecular formula is C62H36OS. The second-order valence-electron chi connectivity index (χ2n) is 17.0. The Morgan fingerprint density at radius 2 is 0.766 bits per heavy atom. The second kappa shape index (κ2) is 13.7. The van der Waals surface area contributed by atoms with Crippen molar-refractivity contribution >= 4 is 107 Å². The number of fused-ring (bicyclic) bond motifs is 12. The largest absolute Gasteiger partial charge is 0.456 e. The Morgan fingerprint density at radius 1 is 0.281 bits per heavy atom. The zero-order valence-electron chi connectivity index (χ0n) is 34.6. The molecule has 0 aliphatic rings. The maximum Gasteiger partial charge on any atom is 0.136 e. The molecule has 1 nitrogen and oxygen atoms in total. The van der Waals surface area contributed by atoms with Gasteiger partial charge in [-0.3, -0.25) is 0 Å². The summed E-state index contributed by atoms with van der Waals surface area (Å²) < 4.78 is 9.07. The molecule has 0 unspecified atom stereocenters. The van der Waals surface area contributed by atoms with Crippen molar-refractivity contribution in [3.63, 3.8) is 0 Å². The fourth-order valence-corrected chi connectivity index (χ4v) is 12.3. The maximum atomic E-state index is 6.47. The Balaban J connectivity index is 1.03. The Kier molecular flexibility index (Phi) is 7.63. The van der Waals surface area contributed by atoms with Gasteiger partial charge < -0.3 is 4.42 Å². The molecule has 0 aliphatic heterocycles. The zero-order chi connectivity index (χ0) is 41.9. The van der Waals surface area contributed by atoms with Crippen LogP contribution in [0.3, 0.4) is 0 Å². The highest BCUT2D eigenvalue weighted by Crippen LogP contribution is 2.52. The standard InChI is InChI=1S/C62H36OS/c1-2-17-38(18-3-1)56-41-20-6-10-24-45(41)58(46-25-11-7-21-42(46)56)49-28-15-31-55-61(49)51-30-14-29-50(62(51)64-55)59-47-26-12-8-22-43(47)57(44-23-9-13-27-48(44)59)39-33-34-53-52(36-39)60-40-19-5-4-16-37(40)32-35-54(60)63-53/h1-36H. The van der Waals surface area contributed by atoms with Gasteiger partial charge in [0.2, 0.25) is 0 Å². The summed E-state index contributed by atoms with van der Waals surface area (Å²) in [5.74, 6) is 0. The number of hydrogen-bond donors (Lipinski definition) is 0. The van der Waals surface area contributed by atoms with Crippen molar-refractivity contribution in [1.82, 2.24) is 0 Å². The van der Waals surface area contributed by atoms with E-state index in [1.165, 1.54) is 124 Å². The molecule has 0 saturated heterocycles. The molecule has 0 atom stereocenters. The van der Waals surface area contributed by atoms with Gasteiger partial charge >= 0.3 is 0 Å². The summed E-state index contributed by atoms with van der Waals surface area (Å²) in [6.45, 7) is 0.